The summed E-state index contributed by atoms with van der Waals surface area (Å²) < 4.78 is 30.5. The van der Waals surface area contributed by atoms with E-state index in [4.69, 9.17) is 4.74 Å². The van der Waals surface area contributed by atoms with Crippen LogP contribution in [0.2, 0.25) is 0 Å². The molecule has 0 aromatic heterocycles. The summed E-state index contributed by atoms with van der Waals surface area (Å²) in [5.41, 5.74) is 0.775. The Kier molecular flexibility index (Phi) is 5.61. The average Bonchev–Trinajstić information content (AvgIpc) is 2.87. The Bertz CT molecular complexity index is 642. The molecular formula is C15H22N2O5S. The van der Waals surface area contributed by atoms with Crippen molar-refractivity contribution in [1.29, 1.82) is 0 Å². The van der Waals surface area contributed by atoms with E-state index in [1.807, 2.05) is 0 Å². The lowest BCUT2D eigenvalue weighted by molar-refractivity contribution is -0.121. The van der Waals surface area contributed by atoms with Crippen molar-refractivity contribution in [3.63, 3.8) is 0 Å². The summed E-state index contributed by atoms with van der Waals surface area (Å²) in [6.45, 7) is 0.631. The number of aromatic hydroxyl groups is 1. The minimum absolute atomic E-state index is 0.0514. The molecule has 1 aliphatic rings. The van der Waals surface area contributed by atoms with E-state index in [2.05, 4.69) is 5.32 Å². The summed E-state index contributed by atoms with van der Waals surface area (Å²) in [7, 11) is -0.360. The SMILES string of the molecule is CN(C)S(=O)(=O)C[C@@H]1COC[C@@H]1NC(=O)Cc1ccc(O)cc1. The van der Waals surface area contributed by atoms with Gasteiger partial charge in [0.15, 0.2) is 0 Å². The first-order chi connectivity index (χ1) is 10.8. The third-order valence-corrected chi connectivity index (χ3v) is 5.79. The summed E-state index contributed by atoms with van der Waals surface area (Å²) >= 11 is 0. The Morgan fingerprint density at radius 2 is 1.96 bits per heavy atom. The van der Waals surface area contributed by atoms with E-state index in [1.165, 1.54) is 30.5 Å². The summed E-state index contributed by atoms with van der Waals surface area (Å²) in [6.07, 6.45) is 0.171. The van der Waals surface area contributed by atoms with Crippen LogP contribution in [0.1, 0.15) is 5.56 Å². The van der Waals surface area contributed by atoms with Crippen molar-refractivity contribution in [3.05, 3.63) is 29.8 Å². The fourth-order valence-electron chi connectivity index (χ4n) is 2.40. The molecule has 0 radical (unpaired) electrons. The Morgan fingerprint density at radius 3 is 2.57 bits per heavy atom. The number of nitrogens with one attached hydrogen (secondary N) is 1. The molecule has 0 spiro atoms. The van der Waals surface area contributed by atoms with Gasteiger partial charge in [0, 0.05) is 20.0 Å². The number of carbonyl (C=O) groups excluding carboxylic acids is 1. The fourth-order valence-corrected chi connectivity index (χ4v) is 3.57. The number of amides is 1. The second kappa shape index (κ2) is 7.29. The maximum Gasteiger partial charge on any atom is 0.224 e. The summed E-state index contributed by atoms with van der Waals surface area (Å²) in [6, 6.07) is 6.08. The van der Waals surface area contributed by atoms with E-state index >= 15 is 0 Å². The van der Waals surface area contributed by atoms with Crippen LogP contribution in [0, 0.1) is 5.92 Å². The lowest BCUT2D eigenvalue weighted by Gasteiger charge is -2.21. The van der Waals surface area contributed by atoms with Crippen molar-refractivity contribution >= 4 is 15.9 Å². The second-order valence-corrected chi connectivity index (χ2v) is 8.10. The van der Waals surface area contributed by atoms with Crippen LogP contribution in [-0.2, 0) is 26.0 Å². The molecule has 128 valence electrons. The third-order valence-electron chi connectivity index (χ3n) is 3.83. The highest BCUT2D eigenvalue weighted by Gasteiger charge is 2.34. The quantitative estimate of drug-likeness (QED) is 0.756. The molecule has 2 atom stereocenters. The maximum atomic E-state index is 12.1. The number of rotatable bonds is 6. The predicted molar refractivity (Wildman–Crippen MR) is 85.5 cm³/mol. The van der Waals surface area contributed by atoms with Crippen molar-refractivity contribution in [1.82, 2.24) is 9.62 Å². The zero-order valence-electron chi connectivity index (χ0n) is 13.2. The molecule has 1 saturated heterocycles. The molecule has 1 amide bonds. The van der Waals surface area contributed by atoms with Gasteiger partial charge in [-0.1, -0.05) is 12.1 Å². The number of ether oxygens (including phenoxy) is 1. The van der Waals surface area contributed by atoms with Crippen molar-refractivity contribution in [2.45, 2.75) is 12.5 Å². The number of phenolic OH excluding ortho intramolecular Hbond substituents is 1. The van der Waals surface area contributed by atoms with Crippen molar-refractivity contribution < 1.29 is 23.1 Å². The number of carbonyl (C=O) groups is 1. The third kappa shape index (κ3) is 4.92. The molecule has 0 aliphatic carbocycles. The van der Waals surface area contributed by atoms with Crippen LogP contribution >= 0.6 is 0 Å². The largest absolute Gasteiger partial charge is 0.508 e. The van der Waals surface area contributed by atoms with Gasteiger partial charge in [0.25, 0.3) is 0 Å². The molecule has 1 fully saturated rings. The topological polar surface area (TPSA) is 95.9 Å². The van der Waals surface area contributed by atoms with Gasteiger partial charge in [-0.15, -0.1) is 0 Å². The molecule has 7 nitrogen and oxygen atoms in total. The molecule has 23 heavy (non-hydrogen) atoms. The number of sulfonamides is 1. The lowest BCUT2D eigenvalue weighted by atomic mass is 10.1. The van der Waals surface area contributed by atoms with Crippen LogP contribution in [-0.4, -0.2) is 62.8 Å². The number of hydrogen-bond donors (Lipinski definition) is 2. The standard InChI is InChI=1S/C15H22N2O5S/c1-17(2)23(20,21)10-12-8-22-9-14(12)16-15(19)7-11-3-5-13(18)6-4-11/h3-6,12,14,18H,7-10H2,1-2H3,(H,16,19)/t12-,14-/m0/s1. The molecule has 8 heteroatoms. The van der Waals surface area contributed by atoms with Crippen LogP contribution in [0.25, 0.3) is 0 Å². The second-order valence-electron chi connectivity index (χ2n) is 5.88. The predicted octanol–water partition coefficient (Wildman–Crippen LogP) is -0.0427. The number of phenols is 1. The number of benzene rings is 1. The molecular weight excluding hydrogens is 320 g/mol. The zero-order chi connectivity index (χ0) is 17.0. The molecule has 0 bridgehead atoms. The molecule has 1 aromatic rings. The van der Waals surface area contributed by atoms with Gasteiger partial charge in [0.1, 0.15) is 5.75 Å². The first-order valence-electron chi connectivity index (χ1n) is 7.33. The van der Waals surface area contributed by atoms with E-state index in [-0.39, 0.29) is 35.8 Å². The van der Waals surface area contributed by atoms with Crippen molar-refractivity contribution in [2.75, 3.05) is 33.1 Å². The van der Waals surface area contributed by atoms with Gasteiger partial charge >= 0.3 is 0 Å². The Morgan fingerprint density at radius 1 is 1.30 bits per heavy atom. The average molecular weight is 342 g/mol. The minimum atomic E-state index is -3.34. The molecule has 1 aromatic carbocycles. The molecule has 2 N–H and O–H groups in total. The number of hydrogen-bond acceptors (Lipinski definition) is 5. The highest BCUT2D eigenvalue weighted by Crippen LogP contribution is 2.17. The van der Waals surface area contributed by atoms with E-state index in [9.17, 15) is 18.3 Å². The zero-order valence-corrected chi connectivity index (χ0v) is 14.0. The number of nitrogens with zero attached hydrogens (tertiary/aromatic N) is 1. The lowest BCUT2D eigenvalue weighted by Crippen LogP contribution is -2.44. The van der Waals surface area contributed by atoms with Gasteiger partial charge in [0.2, 0.25) is 15.9 Å². The van der Waals surface area contributed by atoms with Crippen LogP contribution < -0.4 is 5.32 Å². The van der Waals surface area contributed by atoms with Crippen LogP contribution in [0.4, 0.5) is 0 Å². The van der Waals surface area contributed by atoms with Crippen LogP contribution in [0.15, 0.2) is 24.3 Å². The minimum Gasteiger partial charge on any atom is -0.508 e. The molecule has 1 heterocycles. The van der Waals surface area contributed by atoms with Crippen LogP contribution in [0.5, 0.6) is 5.75 Å². The van der Waals surface area contributed by atoms with E-state index in [0.717, 1.165) is 5.56 Å². The van der Waals surface area contributed by atoms with E-state index < -0.39 is 10.0 Å². The van der Waals surface area contributed by atoms with Crippen molar-refractivity contribution in [2.24, 2.45) is 5.92 Å². The van der Waals surface area contributed by atoms with Crippen molar-refractivity contribution in [3.8, 4) is 5.75 Å². The Labute approximate surface area is 136 Å². The summed E-state index contributed by atoms with van der Waals surface area (Å²) in [5.74, 6) is -0.360. The van der Waals surface area contributed by atoms with E-state index in [0.29, 0.717) is 13.2 Å². The first-order valence-corrected chi connectivity index (χ1v) is 8.94. The first kappa shape index (κ1) is 17.7. The van der Waals surface area contributed by atoms with Gasteiger partial charge in [-0.2, -0.15) is 0 Å². The maximum absolute atomic E-state index is 12.1. The Hall–Kier alpha value is -1.64. The Balaban J connectivity index is 1.93. The molecule has 0 saturated carbocycles. The van der Waals surface area contributed by atoms with Gasteiger partial charge in [-0.3, -0.25) is 4.79 Å². The normalized spacial score (nSPS) is 21.5. The monoisotopic (exact) mass is 342 g/mol. The smallest absolute Gasteiger partial charge is 0.224 e. The van der Waals surface area contributed by atoms with Gasteiger partial charge in [0.05, 0.1) is 31.4 Å². The summed E-state index contributed by atoms with van der Waals surface area (Å²) in [4.78, 5) is 12.1. The summed E-state index contributed by atoms with van der Waals surface area (Å²) in [5, 5.41) is 12.1. The molecule has 1 aliphatic heterocycles. The fraction of sp³-hybridized carbons (Fsp3) is 0.533. The highest BCUT2D eigenvalue weighted by atomic mass is 32.2. The van der Waals surface area contributed by atoms with Crippen LogP contribution in [0.3, 0.4) is 0 Å². The highest BCUT2D eigenvalue weighted by molar-refractivity contribution is 7.89. The van der Waals surface area contributed by atoms with E-state index in [1.54, 1.807) is 12.1 Å². The van der Waals surface area contributed by atoms with Gasteiger partial charge in [-0.05, 0) is 17.7 Å². The van der Waals surface area contributed by atoms with Gasteiger partial charge < -0.3 is 15.2 Å². The molecule has 0 unspecified atom stereocenters. The molecule has 2 rings (SSSR count). The van der Waals surface area contributed by atoms with Gasteiger partial charge in [-0.25, -0.2) is 12.7 Å².